The number of aryl methyl sites for hydroxylation is 2. The van der Waals surface area contributed by atoms with E-state index in [4.69, 9.17) is 0 Å². The molecule has 5 aromatic carbocycles. The van der Waals surface area contributed by atoms with Gasteiger partial charge in [0.15, 0.2) is 0 Å². The molecule has 1 aliphatic rings. The molecule has 2 heteroatoms. The monoisotopic (exact) mass is 594 g/mol. The van der Waals surface area contributed by atoms with E-state index >= 15 is 0 Å². The second-order valence-electron chi connectivity index (χ2n) is 12.3. The number of allylic oxidation sites excluding steroid dienone is 1. The van der Waals surface area contributed by atoms with Crippen LogP contribution in [0.2, 0.25) is 0 Å². The first-order valence-electron chi connectivity index (χ1n) is 16.6. The summed E-state index contributed by atoms with van der Waals surface area (Å²) in [6.07, 6.45) is 15.8. The van der Waals surface area contributed by atoms with Crippen LogP contribution >= 0.6 is 0 Å². The van der Waals surface area contributed by atoms with Gasteiger partial charge in [0, 0.05) is 57.1 Å². The molecule has 46 heavy (non-hydrogen) atoms. The Morgan fingerprint density at radius 3 is 1.67 bits per heavy atom. The van der Waals surface area contributed by atoms with Gasteiger partial charge in [0.25, 0.3) is 0 Å². The maximum absolute atomic E-state index is 2.48. The number of benzene rings is 5. The first-order valence-corrected chi connectivity index (χ1v) is 16.6. The van der Waals surface area contributed by atoms with Crippen LogP contribution in [0.25, 0.3) is 74.2 Å². The van der Waals surface area contributed by atoms with Crippen LogP contribution in [-0.2, 0) is 19.5 Å². The van der Waals surface area contributed by atoms with E-state index in [2.05, 4.69) is 169 Å². The molecule has 2 aromatic heterocycles. The van der Waals surface area contributed by atoms with Crippen LogP contribution in [0.3, 0.4) is 0 Å². The van der Waals surface area contributed by atoms with Gasteiger partial charge in [-0.1, -0.05) is 115 Å². The van der Waals surface area contributed by atoms with Crippen molar-refractivity contribution < 1.29 is 0 Å². The molecule has 1 aliphatic carbocycles. The summed E-state index contributed by atoms with van der Waals surface area (Å²) in [5.41, 5.74) is 14.1. The van der Waals surface area contributed by atoms with E-state index in [1.165, 1.54) is 77.3 Å². The second kappa shape index (κ2) is 11.9. The molecule has 0 aliphatic heterocycles. The lowest BCUT2D eigenvalue weighted by Gasteiger charge is -2.10. The molecule has 0 atom stereocenters. The van der Waals surface area contributed by atoms with E-state index in [0.29, 0.717) is 0 Å². The van der Waals surface area contributed by atoms with E-state index in [9.17, 15) is 0 Å². The highest BCUT2D eigenvalue weighted by Gasteiger charge is 2.16. The maximum Gasteiger partial charge on any atom is 0.0491 e. The Bertz CT molecular complexity index is 2300. The Balaban J connectivity index is 0.973. The van der Waals surface area contributed by atoms with E-state index < -0.39 is 0 Å². The van der Waals surface area contributed by atoms with Crippen LogP contribution in [0.1, 0.15) is 53.8 Å². The Kier molecular flexibility index (Phi) is 7.27. The lowest BCUT2D eigenvalue weighted by Crippen LogP contribution is -2.02. The lowest BCUT2D eigenvalue weighted by atomic mass is 10.0. The van der Waals surface area contributed by atoms with Gasteiger partial charge >= 0.3 is 0 Å². The predicted molar refractivity (Wildman–Crippen MR) is 200 cm³/mol. The minimum absolute atomic E-state index is 0.968. The third-order valence-corrected chi connectivity index (χ3v) is 9.59. The van der Waals surface area contributed by atoms with Gasteiger partial charge in [-0.2, -0.15) is 0 Å². The summed E-state index contributed by atoms with van der Waals surface area (Å²) in [7, 11) is 0. The molecule has 0 fully saturated rings. The lowest BCUT2D eigenvalue weighted by molar-refractivity contribution is 0.729. The zero-order chi connectivity index (χ0) is 31.0. The average molecular weight is 595 g/mol. The van der Waals surface area contributed by atoms with Crippen molar-refractivity contribution in [2.75, 3.05) is 0 Å². The maximum atomic E-state index is 2.48. The number of hydrogen-bond acceptors (Lipinski definition) is 0. The summed E-state index contributed by atoms with van der Waals surface area (Å²) in [4.78, 5) is 0. The van der Waals surface area contributed by atoms with Gasteiger partial charge in [-0.25, -0.2) is 0 Å². The van der Waals surface area contributed by atoms with Gasteiger partial charge in [-0.3, -0.25) is 0 Å². The summed E-state index contributed by atoms with van der Waals surface area (Å²) in [6.45, 7) is 6.45. The van der Waals surface area contributed by atoms with Gasteiger partial charge < -0.3 is 9.13 Å². The largest absolute Gasteiger partial charge is 0.344 e. The van der Waals surface area contributed by atoms with Crippen molar-refractivity contribution in [1.82, 2.24) is 9.13 Å². The molecule has 8 rings (SSSR count). The molecule has 224 valence electrons. The fourth-order valence-electron chi connectivity index (χ4n) is 7.27. The van der Waals surface area contributed by atoms with Gasteiger partial charge in [-0.05, 0) is 90.4 Å². The van der Waals surface area contributed by atoms with E-state index in [0.717, 1.165) is 25.9 Å². The van der Waals surface area contributed by atoms with Gasteiger partial charge in [0.05, 0.1) is 0 Å². The number of nitrogens with zero attached hydrogens (tertiary/aromatic N) is 2. The van der Waals surface area contributed by atoms with Crippen molar-refractivity contribution in [3.63, 3.8) is 0 Å². The molecule has 2 heterocycles. The van der Waals surface area contributed by atoms with Crippen molar-refractivity contribution >= 4 is 63.1 Å². The van der Waals surface area contributed by atoms with Crippen molar-refractivity contribution in [2.24, 2.45) is 0 Å². The number of rotatable bonds is 7. The highest BCUT2D eigenvalue weighted by atomic mass is 15.0. The molecule has 0 bridgehead atoms. The van der Waals surface area contributed by atoms with Crippen molar-refractivity contribution in [3.05, 3.63) is 149 Å². The van der Waals surface area contributed by atoms with Gasteiger partial charge in [0.2, 0.25) is 0 Å². The number of para-hydroxylation sites is 1. The smallest absolute Gasteiger partial charge is 0.0491 e. The first-order chi connectivity index (χ1) is 22.7. The molecular weight excluding hydrogens is 556 g/mol. The number of fused-ring (bicyclic) bond motifs is 6. The number of aromatic nitrogens is 2. The fraction of sp³-hybridized carbons (Fsp3) is 0.136. The van der Waals surface area contributed by atoms with Gasteiger partial charge in [-0.15, -0.1) is 0 Å². The molecule has 0 N–H and O–H groups in total. The second-order valence-corrected chi connectivity index (χ2v) is 12.3. The Hall–Kier alpha value is -5.34. The number of hydrogen-bond donors (Lipinski definition) is 0. The zero-order valence-corrected chi connectivity index (χ0v) is 26.6. The van der Waals surface area contributed by atoms with Crippen molar-refractivity contribution in [1.29, 1.82) is 0 Å². The highest BCUT2D eigenvalue weighted by molar-refractivity contribution is 6.08. The Morgan fingerprint density at radius 2 is 1.04 bits per heavy atom. The van der Waals surface area contributed by atoms with Gasteiger partial charge in [0.1, 0.15) is 0 Å². The van der Waals surface area contributed by atoms with Crippen LogP contribution < -0.4 is 0 Å². The molecule has 0 unspecified atom stereocenters. The quantitative estimate of drug-likeness (QED) is 0.162. The summed E-state index contributed by atoms with van der Waals surface area (Å²) in [6, 6.07) is 40.1. The molecular formula is C44H38N2. The first kappa shape index (κ1) is 28.2. The fourth-order valence-corrected chi connectivity index (χ4v) is 7.27. The van der Waals surface area contributed by atoms with E-state index in [1.54, 1.807) is 0 Å². The molecule has 0 spiro atoms. The summed E-state index contributed by atoms with van der Waals surface area (Å²) in [5.74, 6) is 0. The highest BCUT2D eigenvalue weighted by Crippen LogP contribution is 2.33. The molecule has 0 radical (unpaired) electrons. The predicted octanol–water partition coefficient (Wildman–Crippen LogP) is 11.8. The Labute approximate surface area is 271 Å². The topological polar surface area (TPSA) is 9.86 Å². The van der Waals surface area contributed by atoms with Crippen LogP contribution in [0, 0.1) is 0 Å². The average Bonchev–Trinajstić information content (AvgIpc) is 3.61. The van der Waals surface area contributed by atoms with Crippen LogP contribution in [-0.4, -0.2) is 9.13 Å². The van der Waals surface area contributed by atoms with Crippen molar-refractivity contribution in [3.8, 4) is 11.1 Å². The zero-order valence-electron chi connectivity index (χ0n) is 26.6. The van der Waals surface area contributed by atoms with Crippen LogP contribution in [0.15, 0.2) is 115 Å². The molecule has 0 saturated heterocycles. The molecule has 0 amide bonds. The summed E-state index contributed by atoms with van der Waals surface area (Å²) >= 11 is 0. The normalized spacial score (nSPS) is 13.2. The third-order valence-electron chi connectivity index (χ3n) is 9.59. The SMILES string of the molecule is CCn1c2c(c3cc(/C=C\c4ccc(-c5ccc(/C=C\c6ccc7c(c6)c6ccccc6n7CC)cc5)cc4)ccc31)C=CCC2. The third kappa shape index (κ3) is 5.01. The minimum Gasteiger partial charge on any atom is -0.344 e. The van der Waals surface area contributed by atoms with Crippen LogP contribution in [0.4, 0.5) is 0 Å². The molecule has 0 saturated carbocycles. The summed E-state index contributed by atoms with van der Waals surface area (Å²) in [5, 5.41) is 4.00. The van der Waals surface area contributed by atoms with E-state index in [-0.39, 0.29) is 0 Å². The summed E-state index contributed by atoms with van der Waals surface area (Å²) < 4.78 is 4.88. The minimum atomic E-state index is 0.968. The molecule has 7 aromatic rings. The van der Waals surface area contributed by atoms with Crippen LogP contribution in [0.5, 0.6) is 0 Å². The Morgan fingerprint density at radius 1 is 0.522 bits per heavy atom. The van der Waals surface area contributed by atoms with Crippen molar-refractivity contribution in [2.45, 2.75) is 39.8 Å². The van der Waals surface area contributed by atoms with E-state index in [1.807, 2.05) is 0 Å². The molecule has 2 nitrogen and oxygen atoms in total. The standard InChI is InChI=1S/C44H38N2/c1-3-45-41-11-7-5-9-37(41)39-29-33(21-27-43(39)45)15-13-31-17-23-35(24-18-31)36-25-19-32(20-26-36)14-16-34-22-28-44-40(30-34)38-10-6-8-12-42(38)46(44)4-2/h5-7,9-11,13-30H,3-4,8,12H2,1-2H3/b15-13-,16-14-.